The Kier molecular flexibility index (Phi) is 15.3. The lowest BCUT2D eigenvalue weighted by Gasteiger charge is -2.06. The molecule has 0 N–H and O–H groups in total. The number of hydrogen-bond acceptors (Lipinski definition) is 6. The van der Waals surface area contributed by atoms with Crippen molar-refractivity contribution >= 4 is 33.0 Å². The van der Waals surface area contributed by atoms with E-state index in [9.17, 15) is 0 Å². The zero-order chi connectivity index (χ0) is 34.1. The van der Waals surface area contributed by atoms with Gasteiger partial charge in [-0.2, -0.15) is 0 Å². The van der Waals surface area contributed by atoms with Crippen LogP contribution < -0.4 is 9.47 Å². The molecule has 2 heterocycles. The van der Waals surface area contributed by atoms with Gasteiger partial charge in [-0.05, 0) is 73.0 Å². The highest BCUT2D eigenvalue weighted by Crippen LogP contribution is 2.43. The monoisotopic (exact) mass is 700 g/mol. The molecule has 0 amide bonds. The molecular weight excluding hydrogens is 648 g/mol. The molecule has 49 heavy (non-hydrogen) atoms. The van der Waals surface area contributed by atoms with E-state index in [2.05, 4.69) is 48.3 Å². The fourth-order valence-electron chi connectivity index (χ4n) is 6.09. The number of aromatic nitrogens is 2. The largest absolute Gasteiger partial charge is 0.494 e. The van der Waals surface area contributed by atoms with Gasteiger partial charge in [0.1, 0.15) is 11.5 Å². The van der Waals surface area contributed by atoms with E-state index in [4.69, 9.17) is 25.5 Å². The molecule has 0 bridgehead atoms. The number of unbranched alkanes of at least 4 members (excludes halogenated alkanes) is 14. The molecule has 5 rings (SSSR count). The van der Waals surface area contributed by atoms with Gasteiger partial charge in [0.15, 0.2) is 0 Å². The predicted octanol–water partition coefficient (Wildman–Crippen LogP) is 14.0. The summed E-state index contributed by atoms with van der Waals surface area (Å²) in [5.74, 6) is 2.74. The number of nitrogens with zero attached hydrogens (tertiary/aromatic N) is 2. The molecule has 0 fully saturated rings. The molecule has 0 radical (unpaired) electrons. The van der Waals surface area contributed by atoms with Crippen LogP contribution in [0.3, 0.4) is 0 Å². The zero-order valence-electron chi connectivity index (χ0n) is 29.5. The van der Waals surface area contributed by atoms with Gasteiger partial charge < -0.3 is 13.9 Å². The first-order chi connectivity index (χ1) is 24.2. The van der Waals surface area contributed by atoms with Gasteiger partial charge in [0.05, 0.1) is 23.1 Å². The van der Waals surface area contributed by atoms with Crippen molar-refractivity contribution in [1.82, 2.24) is 10.2 Å². The SMILES string of the molecule is CCCCCCCCCCOc1ccc(-c2nnc(-c3ccc(-c4sc5cc(OCCCCCCCCCC)ccc5c4Cl)cc3)o2)cc1. The summed E-state index contributed by atoms with van der Waals surface area (Å²) in [6.07, 6.45) is 20.7. The van der Waals surface area contributed by atoms with Crippen LogP contribution in [-0.2, 0) is 0 Å². The first-order valence-electron chi connectivity index (χ1n) is 18.7. The standard InChI is InChI=1S/C42H53ClN2O3S/c1-3-5-7-9-11-13-15-17-29-46-35-25-23-34(24-26-35)42-45-44-41(48-42)33-21-19-32(20-22-33)40-39(43)37-28-27-36(31-38(37)49-40)47-30-18-16-14-12-10-8-6-4-2/h19-28,31H,3-18,29-30H2,1-2H3. The second-order valence-corrected chi connectivity index (χ2v) is 14.5. The predicted molar refractivity (Wildman–Crippen MR) is 207 cm³/mol. The Morgan fingerprint density at radius 1 is 0.551 bits per heavy atom. The Hall–Kier alpha value is -3.35. The summed E-state index contributed by atoms with van der Waals surface area (Å²) >= 11 is 8.57. The van der Waals surface area contributed by atoms with Crippen molar-refractivity contribution in [2.24, 2.45) is 0 Å². The molecule has 0 unspecified atom stereocenters. The van der Waals surface area contributed by atoms with E-state index in [0.29, 0.717) is 11.8 Å². The average Bonchev–Trinajstić information content (AvgIpc) is 3.75. The molecule has 7 heteroatoms. The van der Waals surface area contributed by atoms with Gasteiger partial charge in [0.25, 0.3) is 0 Å². The van der Waals surface area contributed by atoms with Gasteiger partial charge in [-0.15, -0.1) is 21.5 Å². The number of fused-ring (bicyclic) bond motifs is 1. The van der Waals surface area contributed by atoms with Crippen LogP contribution in [0, 0.1) is 0 Å². The summed E-state index contributed by atoms with van der Waals surface area (Å²) in [6.45, 7) is 6.03. The van der Waals surface area contributed by atoms with Crippen molar-refractivity contribution in [2.45, 2.75) is 117 Å². The molecule has 5 aromatic rings. The Balaban J connectivity index is 1.09. The zero-order valence-corrected chi connectivity index (χ0v) is 31.1. The van der Waals surface area contributed by atoms with Gasteiger partial charge in [0, 0.05) is 21.2 Å². The number of rotatable bonds is 23. The normalized spacial score (nSPS) is 11.4. The van der Waals surface area contributed by atoms with E-state index in [1.54, 1.807) is 11.3 Å². The molecule has 0 aliphatic carbocycles. The molecule has 0 saturated carbocycles. The third kappa shape index (κ3) is 11.3. The minimum atomic E-state index is 0.484. The van der Waals surface area contributed by atoms with E-state index in [1.807, 2.05) is 42.5 Å². The van der Waals surface area contributed by atoms with Gasteiger partial charge >= 0.3 is 0 Å². The van der Waals surface area contributed by atoms with E-state index in [0.717, 1.165) is 74.2 Å². The van der Waals surface area contributed by atoms with Gasteiger partial charge in [-0.1, -0.05) is 127 Å². The summed E-state index contributed by atoms with van der Waals surface area (Å²) in [7, 11) is 0. The first kappa shape index (κ1) is 36.9. The third-order valence-corrected chi connectivity index (χ3v) is 10.8. The van der Waals surface area contributed by atoms with Crippen molar-refractivity contribution in [3.8, 4) is 44.8 Å². The van der Waals surface area contributed by atoms with E-state index < -0.39 is 0 Å². The maximum Gasteiger partial charge on any atom is 0.248 e. The summed E-state index contributed by atoms with van der Waals surface area (Å²) in [5, 5.41) is 10.5. The Morgan fingerprint density at radius 3 is 1.55 bits per heavy atom. The highest BCUT2D eigenvalue weighted by atomic mass is 35.5. The molecule has 3 aromatic carbocycles. The van der Waals surface area contributed by atoms with Crippen molar-refractivity contribution < 1.29 is 13.9 Å². The van der Waals surface area contributed by atoms with Gasteiger partial charge in [0.2, 0.25) is 11.8 Å². The molecule has 0 atom stereocenters. The second kappa shape index (κ2) is 20.4. The van der Waals surface area contributed by atoms with Gasteiger partial charge in [-0.25, -0.2) is 0 Å². The lowest BCUT2D eigenvalue weighted by Crippen LogP contribution is -1.97. The van der Waals surface area contributed by atoms with Crippen LogP contribution in [0.4, 0.5) is 0 Å². The number of halogens is 1. The molecule has 0 saturated heterocycles. The molecule has 0 aliphatic heterocycles. The minimum Gasteiger partial charge on any atom is -0.494 e. The van der Waals surface area contributed by atoms with Crippen LogP contribution in [0.2, 0.25) is 5.02 Å². The van der Waals surface area contributed by atoms with Crippen LogP contribution in [-0.4, -0.2) is 23.4 Å². The Labute approximate surface area is 302 Å². The average molecular weight is 701 g/mol. The Morgan fingerprint density at radius 2 is 1.00 bits per heavy atom. The molecule has 262 valence electrons. The minimum absolute atomic E-state index is 0.484. The molecule has 5 nitrogen and oxygen atoms in total. The smallest absolute Gasteiger partial charge is 0.248 e. The fourth-order valence-corrected chi connectivity index (χ4v) is 7.66. The number of thiophene rings is 1. The lowest BCUT2D eigenvalue weighted by atomic mass is 10.1. The number of ether oxygens (including phenoxy) is 2. The number of benzene rings is 3. The van der Waals surface area contributed by atoms with Crippen molar-refractivity contribution in [2.75, 3.05) is 13.2 Å². The highest BCUT2D eigenvalue weighted by molar-refractivity contribution is 7.23. The number of hydrogen-bond donors (Lipinski definition) is 0. The third-order valence-electron chi connectivity index (χ3n) is 9.05. The Bertz CT molecular complexity index is 1660. The van der Waals surface area contributed by atoms with Crippen molar-refractivity contribution in [1.29, 1.82) is 0 Å². The molecule has 2 aromatic heterocycles. The van der Waals surface area contributed by atoms with Gasteiger partial charge in [-0.3, -0.25) is 0 Å². The van der Waals surface area contributed by atoms with Crippen LogP contribution in [0.15, 0.2) is 71.1 Å². The van der Waals surface area contributed by atoms with E-state index in [1.165, 1.54) is 89.9 Å². The maximum atomic E-state index is 6.88. The maximum absolute atomic E-state index is 6.88. The second-order valence-electron chi connectivity index (χ2n) is 13.1. The van der Waals surface area contributed by atoms with Crippen LogP contribution in [0.5, 0.6) is 11.5 Å². The van der Waals surface area contributed by atoms with Crippen LogP contribution >= 0.6 is 22.9 Å². The van der Waals surface area contributed by atoms with Crippen LogP contribution in [0.25, 0.3) is 43.4 Å². The van der Waals surface area contributed by atoms with Crippen LogP contribution in [0.1, 0.15) is 117 Å². The molecule has 0 spiro atoms. The topological polar surface area (TPSA) is 57.4 Å². The summed E-state index contributed by atoms with van der Waals surface area (Å²) in [4.78, 5) is 1.04. The summed E-state index contributed by atoms with van der Waals surface area (Å²) < 4.78 is 19.2. The lowest BCUT2D eigenvalue weighted by molar-refractivity contribution is 0.304. The fraction of sp³-hybridized carbons (Fsp3) is 0.476. The quantitative estimate of drug-likeness (QED) is 0.0635. The summed E-state index contributed by atoms with van der Waals surface area (Å²) in [5.41, 5.74) is 2.79. The van der Waals surface area contributed by atoms with E-state index >= 15 is 0 Å². The van der Waals surface area contributed by atoms with Crippen molar-refractivity contribution in [3.05, 3.63) is 71.8 Å². The van der Waals surface area contributed by atoms with E-state index in [-0.39, 0.29) is 0 Å². The first-order valence-corrected chi connectivity index (χ1v) is 19.9. The van der Waals surface area contributed by atoms with Crippen molar-refractivity contribution in [3.63, 3.8) is 0 Å². The summed E-state index contributed by atoms with van der Waals surface area (Å²) in [6, 6.07) is 22.3. The highest BCUT2D eigenvalue weighted by Gasteiger charge is 2.15. The molecule has 0 aliphatic rings. The molecular formula is C42H53ClN2O3S.